The Hall–Kier alpha value is -3.59. The summed E-state index contributed by atoms with van der Waals surface area (Å²) in [5, 5.41) is 2.84. The maximum Gasteiger partial charge on any atom is 0.410 e. The van der Waals surface area contributed by atoms with Gasteiger partial charge in [0.1, 0.15) is 18.4 Å². The molecule has 1 saturated heterocycles. The summed E-state index contributed by atoms with van der Waals surface area (Å²) in [6, 6.07) is 16.2. The summed E-state index contributed by atoms with van der Waals surface area (Å²) in [5.74, 6) is -0.205. The number of benzene rings is 2. The first-order chi connectivity index (χ1) is 18.0. The fourth-order valence-corrected chi connectivity index (χ4v) is 4.15. The van der Waals surface area contributed by atoms with Crippen LogP contribution in [0.2, 0.25) is 0 Å². The third-order valence-corrected chi connectivity index (χ3v) is 6.36. The van der Waals surface area contributed by atoms with Crippen molar-refractivity contribution in [2.24, 2.45) is 11.7 Å². The Labute approximate surface area is 218 Å². The number of esters is 1. The number of ether oxygens (including phenoxy) is 3. The highest BCUT2D eigenvalue weighted by Crippen LogP contribution is 2.20. The maximum atomic E-state index is 12.9. The summed E-state index contributed by atoms with van der Waals surface area (Å²) in [6.07, 6.45) is 2.78. The van der Waals surface area contributed by atoms with Crippen LogP contribution in [0.1, 0.15) is 36.8 Å². The van der Waals surface area contributed by atoms with Gasteiger partial charge in [0, 0.05) is 25.4 Å². The van der Waals surface area contributed by atoms with E-state index in [0.29, 0.717) is 45.5 Å². The van der Waals surface area contributed by atoms with Gasteiger partial charge in [-0.2, -0.15) is 0 Å². The van der Waals surface area contributed by atoms with Crippen LogP contribution in [-0.2, 0) is 32.1 Å². The van der Waals surface area contributed by atoms with Gasteiger partial charge in [-0.1, -0.05) is 42.5 Å². The minimum atomic E-state index is -0.759. The molecule has 1 fully saturated rings. The van der Waals surface area contributed by atoms with E-state index in [2.05, 4.69) is 5.32 Å². The first-order valence-electron chi connectivity index (χ1n) is 12.8. The van der Waals surface area contributed by atoms with Crippen molar-refractivity contribution in [3.05, 3.63) is 65.7 Å². The number of likely N-dealkylation sites (tertiary alicyclic amines) is 1. The van der Waals surface area contributed by atoms with E-state index in [4.69, 9.17) is 19.9 Å². The molecule has 3 N–H and O–H groups in total. The first-order valence-corrected chi connectivity index (χ1v) is 12.8. The highest BCUT2D eigenvalue weighted by molar-refractivity contribution is 5.86. The van der Waals surface area contributed by atoms with Gasteiger partial charge in [-0.25, -0.2) is 9.59 Å². The van der Waals surface area contributed by atoms with Gasteiger partial charge in [0.05, 0.1) is 13.7 Å². The molecule has 2 aromatic rings. The number of nitrogens with zero attached hydrogens (tertiary/aromatic N) is 1. The molecule has 37 heavy (non-hydrogen) atoms. The van der Waals surface area contributed by atoms with Crippen molar-refractivity contribution in [3.8, 4) is 5.75 Å². The summed E-state index contributed by atoms with van der Waals surface area (Å²) in [4.78, 5) is 39.2. The van der Waals surface area contributed by atoms with E-state index < -0.39 is 18.1 Å². The van der Waals surface area contributed by atoms with Crippen LogP contribution in [0.5, 0.6) is 5.75 Å². The van der Waals surface area contributed by atoms with Crippen molar-refractivity contribution in [2.45, 2.75) is 44.8 Å². The number of amides is 2. The van der Waals surface area contributed by atoms with Crippen LogP contribution in [0.25, 0.3) is 0 Å². The van der Waals surface area contributed by atoms with E-state index in [0.717, 1.165) is 29.7 Å². The Morgan fingerprint density at radius 2 is 1.70 bits per heavy atom. The Balaban J connectivity index is 1.41. The number of methoxy groups -OCH3 is 1. The number of rotatable bonds is 12. The number of hydrogen-bond donors (Lipinski definition) is 2. The van der Waals surface area contributed by atoms with E-state index in [1.54, 1.807) is 4.90 Å². The second-order valence-electron chi connectivity index (χ2n) is 9.08. The molecular formula is C28H37N3O6. The van der Waals surface area contributed by atoms with Gasteiger partial charge in [0.15, 0.2) is 0 Å². The molecule has 2 amide bonds. The Kier molecular flexibility index (Phi) is 11.2. The molecule has 1 unspecified atom stereocenters. The quantitative estimate of drug-likeness (QED) is 0.332. The van der Waals surface area contributed by atoms with Crippen molar-refractivity contribution in [1.82, 2.24) is 10.2 Å². The molecule has 200 valence electrons. The highest BCUT2D eigenvalue weighted by Gasteiger charge is 2.31. The number of unbranched alkanes of at least 4 members (excludes halogenated alkanes) is 1. The molecule has 1 atom stereocenters. The van der Waals surface area contributed by atoms with Gasteiger partial charge >= 0.3 is 12.1 Å². The van der Waals surface area contributed by atoms with E-state index in [1.165, 1.54) is 7.11 Å². The van der Waals surface area contributed by atoms with E-state index in [-0.39, 0.29) is 18.4 Å². The second kappa shape index (κ2) is 14.8. The molecule has 0 spiro atoms. The van der Waals surface area contributed by atoms with Crippen molar-refractivity contribution in [3.63, 3.8) is 0 Å². The zero-order valence-corrected chi connectivity index (χ0v) is 21.4. The third kappa shape index (κ3) is 9.09. The van der Waals surface area contributed by atoms with Crippen LogP contribution in [0.15, 0.2) is 54.6 Å². The minimum Gasteiger partial charge on any atom is -0.494 e. The Morgan fingerprint density at radius 1 is 1.00 bits per heavy atom. The molecule has 1 heterocycles. The third-order valence-electron chi connectivity index (χ3n) is 6.36. The molecule has 0 aliphatic carbocycles. The van der Waals surface area contributed by atoms with Crippen molar-refractivity contribution < 1.29 is 28.6 Å². The molecule has 0 aromatic heterocycles. The predicted molar refractivity (Wildman–Crippen MR) is 139 cm³/mol. The lowest BCUT2D eigenvalue weighted by Crippen LogP contribution is -2.48. The standard InChI is InChI=1S/C28H37N3O6/c1-35-27(33)25(19-21-7-3-2-4-8-21)30-26(32)23-13-16-31(17-14-23)28(34)37-20-22-9-11-24(12-10-22)36-18-6-5-15-29/h2-4,7-12,23,25H,5-6,13-20,29H2,1H3,(H,30,32). The fourth-order valence-electron chi connectivity index (χ4n) is 4.15. The number of carbonyl (C=O) groups excluding carboxylic acids is 3. The van der Waals surface area contributed by atoms with Crippen molar-refractivity contribution in [2.75, 3.05) is 33.4 Å². The number of carbonyl (C=O) groups is 3. The van der Waals surface area contributed by atoms with E-state index in [1.807, 2.05) is 54.6 Å². The van der Waals surface area contributed by atoms with Crippen LogP contribution >= 0.6 is 0 Å². The lowest BCUT2D eigenvalue weighted by molar-refractivity contribution is -0.145. The summed E-state index contributed by atoms with van der Waals surface area (Å²) < 4.78 is 16.0. The Morgan fingerprint density at radius 3 is 2.35 bits per heavy atom. The average molecular weight is 512 g/mol. The molecule has 0 bridgehead atoms. The van der Waals surface area contributed by atoms with Gasteiger partial charge < -0.3 is 30.2 Å². The van der Waals surface area contributed by atoms with Crippen LogP contribution in [0.3, 0.4) is 0 Å². The van der Waals surface area contributed by atoms with Gasteiger partial charge in [0.25, 0.3) is 0 Å². The normalized spacial score (nSPS) is 14.5. The highest BCUT2D eigenvalue weighted by atomic mass is 16.6. The number of nitrogens with two attached hydrogens (primary N) is 1. The molecular weight excluding hydrogens is 474 g/mol. The van der Waals surface area contributed by atoms with E-state index >= 15 is 0 Å². The minimum absolute atomic E-state index is 0.160. The molecule has 3 rings (SSSR count). The lowest BCUT2D eigenvalue weighted by Gasteiger charge is -2.31. The SMILES string of the molecule is COC(=O)C(Cc1ccccc1)NC(=O)C1CCN(C(=O)OCc2ccc(OCCCCN)cc2)CC1. The summed E-state index contributed by atoms with van der Waals surface area (Å²) in [6.45, 7) is 2.26. The van der Waals surface area contributed by atoms with Crippen LogP contribution in [0, 0.1) is 5.92 Å². The molecule has 0 radical (unpaired) electrons. The number of nitrogens with one attached hydrogen (secondary N) is 1. The van der Waals surface area contributed by atoms with Crippen LogP contribution < -0.4 is 15.8 Å². The van der Waals surface area contributed by atoms with Crippen molar-refractivity contribution >= 4 is 18.0 Å². The zero-order valence-electron chi connectivity index (χ0n) is 21.4. The smallest absolute Gasteiger partial charge is 0.410 e. The molecule has 1 aliphatic rings. The summed E-state index contributed by atoms with van der Waals surface area (Å²) in [7, 11) is 1.31. The molecule has 1 aliphatic heterocycles. The van der Waals surface area contributed by atoms with Gasteiger partial charge in [-0.3, -0.25) is 4.79 Å². The molecule has 9 heteroatoms. The van der Waals surface area contributed by atoms with Crippen molar-refractivity contribution in [1.29, 1.82) is 0 Å². The predicted octanol–water partition coefficient (Wildman–Crippen LogP) is 3.05. The largest absolute Gasteiger partial charge is 0.494 e. The molecule has 2 aromatic carbocycles. The van der Waals surface area contributed by atoms with Gasteiger partial charge in [-0.05, 0) is 55.5 Å². The maximum absolute atomic E-state index is 12.9. The van der Waals surface area contributed by atoms with Gasteiger partial charge in [0.2, 0.25) is 5.91 Å². The van der Waals surface area contributed by atoms with Gasteiger partial charge in [-0.15, -0.1) is 0 Å². The zero-order chi connectivity index (χ0) is 26.5. The number of piperidine rings is 1. The van der Waals surface area contributed by atoms with Crippen LogP contribution in [-0.4, -0.2) is 62.3 Å². The number of hydrogen-bond acceptors (Lipinski definition) is 7. The monoisotopic (exact) mass is 511 g/mol. The van der Waals surface area contributed by atoms with Crippen LogP contribution in [0.4, 0.5) is 4.79 Å². The van der Waals surface area contributed by atoms with E-state index in [9.17, 15) is 14.4 Å². The summed E-state index contributed by atoms with van der Waals surface area (Å²) in [5.41, 5.74) is 7.28. The topological polar surface area (TPSA) is 120 Å². The molecule has 9 nitrogen and oxygen atoms in total. The average Bonchev–Trinajstić information content (AvgIpc) is 2.94. The first kappa shape index (κ1) is 28.0. The summed E-state index contributed by atoms with van der Waals surface area (Å²) >= 11 is 0. The fraction of sp³-hybridized carbons (Fsp3) is 0.464. The second-order valence-corrected chi connectivity index (χ2v) is 9.08. The molecule has 0 saturated carbocycles. The Bertz CT molecular complexity index is 991. The lowest BCUT2D eigenvalue weighted by atomic mass is 9.95.